The van der Waals surface area contributed by atoms with Gasteiger partial charge >= 0.3 is 0 Å². The molecule has 1 unspecified atom stereocenters. The number of halogens is 1. The lowest BCUT2D eigenvalue weighted by Gasteiger charge is -2.30. The van der Waals surface area contributed by atoms with Gasteiger partial charge in [0.15, 0.2) is 0 Å². The Hall–Kier alpha value is -0.790. The van der Waals surface area contributed by atoms with Gasteiger partial charge in [-0.2, -0.15) is 0 Å². The highest BCUT2D eigenvalue weighted by Crippen LogP contribution is 2.38. The highest BCUT2D eigenvalue weighted by molar-refractivity contribution is 6.31. The summed E-state index contributed by atoms with van der Waals surface area (Å²) in [6.45, 7) is 1.84. The van der Waals surface area contributed by atoms with Crippen molar-refractivity contribution in [3.05, 3.63) is 46.5 Å². The number of hydrogen-bond donors (Lipinski definition) is 1. The quantitative estimate of drug-likeness (QED) is 0.769. The summed E-state index contributed by atoms with van der Waals surface area (Å²) in [4.78, 5) is 0. The second kappa shape index (κ2) is 4.60. The molecule has 0 aliphatic heterocycles. The summed E-state index contributed by atoms with van der Waals surface area (Å²) >= 11 is 6.14. The molecule has 0 fully saturated rings. The smallest absolute Gasteiger partial charge is 0.109 e. The van der Waals surface area contributed by atoms with Gasteiger partial charge in [0.25, 0.3) is 0 Å². The summed E-state index contributed by atoms with van der Waals surface area (Å²) in [6.07, 6.45) is 6.58. The molecule has 0 saturated carbocycles. The van der Waals surface area contributed by atoms with Crippen LogP contribution in [0.15, 0.2) is 35.9 Å². The first-order valence-electron chi connectivity index (χ1n) is 5.79. The van der Waals surface area contributed by atoms with Gasteiger partial charge in [0, 0.05) is 10.6 Å². The minimum Gasteiger partial charge on any atom is -0.381 e. The van der Waals surface area contributed by atoms with Crippen molar-refractivity contribution in [2.75, 3.05) is 0 Å². The van der Waals surface area contributed by atoms with E-state index in [0.717, 1.165) is 30.4 Å². The molecule has 16 heavy (non-hydrogen) atoms. The van der Waals surface area contributed by atoms with Crippen LogP contribution in [-0.4, -0.2) is 5.11 Å². The minimum atomic E-state index is -0.918. The third kappa shape index (κ3) is 2.16. The Morgan fingerprint density at radius 1 is 1.25 bits per heavy atom. The van der Waals surface area contributed by atoms with Gasteiger partial charge in [-0.1, -0.05) is 35.9 Å². The molecule has 0 amide bonds. The fourth-order valence-electron chi connectivity index (χ4n) is 2.31. The summed E-state index contributed by atoms with van der Waals surface area (Å²) in [5.41, 5.74) is 0.996. The van der Waals surface area contributed by atoms with Gasteiger partial charge in [-0.15, -0.1) is 0 Å². The molecule has 2 rings (SSSR count). The molecule has 0 spiro atoms. The van der Waals surface area contributed by atoms with Crippen LogP contribution >= 0.6 is 11.6 Å². The van der Waals surface area contributed by atoms with Gasteiger partial charge in [0.1, 0.15) is 5.60 Å². The van der Waals surface area contributed by atoms with E-state index in [9.17, 15) is 5.11 Å². The van der Waals surface area contributed by atoms with Crippen LogP contribution in [0.4, 0.5) is 0 Å². The Morgan fingerprint density at radius 3 is 2.62 bits per heavy atom. The van der Waals surface area contributed by atoms with E-state index in [-0.39, 0.29) is 0 Å². The lowest BCUT2D eigenvalue weighted by molar-refractivity contribution is 0.0916. The van der Waals surface area contributed by atoms with E-state index in [1.165, 1.54) is 6.42 Å². The third-order valence-electron chi connectivity index (χ3n) is 3.31. The monoisotopic (exact) mass is 236 g/mol. The summed E-state index contributed by atoms with van der Waals surface area (Å²) < 4.78 is 0. The largest absolute Gasteiger partial charge is 0.381 e. The average Bonchev–Trinajstić information content (AvgIpc) is 2.30. The van der Waals surface area contributed by atoms with Crippen LogP contribution in [0.1, 0.15) is 38.2 Å². The Bertz CT molecular complexity index is 407. The van der Waals surface area contributed by atoms with Crippen LogP contribution in [0.5, 0.6) is 0 Å². The van der Waals surface area contributed by atoms with E-state index in [1.54, 1.807) is 0 Å². The number of benzene rings is 1. The Kier molecular flexibility index (Phi) is 3.36. The molecular weight excluding hydrogens is 220 g/mol. The van der Waals surface area contributed by atoms with Crippen LogP contribution in [0.2, 0.25) is 5.02 Å². The SMILES string of the molecule is CC(O)(C1=CCCCC1)c1ccccc1Cl. The molecule has 2 heteroatoms. The van der Waals surface area contributed by atoms with Crippen LogP contribution in [0, 0.1) is 0 Å². The summed E-state index contributed by atoms with van der Waals surface area (Å²) in [5, 5.41) is 11.3. The Morgan fingerprint density at radius 2 is 2.00 bits per heavy atom. The van der Waals surface area contributed by atoms with E-state index in [0.29, 0.717) is 5.02 Å². The highest BCUT2D eigenvalue weighted by atomic mass is 35.5. The van der Waals surface area contributed by atoms with Gasteiger partial charge in [-0.05, 0) is 44.2 Å². The lowest BCUT2D eigenvalue weighted by Crippen LogP contribution is -2.25. The molecule has 1 N–H and O–H groups in total. The van der Waals surface area contributed by atoms with Crippen molar-refractivity contribution >= 4 is 11.6 Å². The average molecular weight is 237 g/mol. The van der Waals surface area contributed by atoms with Crippen LogP contribution < -0.4 is 0 Å². The van der Waals surface area contributed by atoms with Crippen molar-refractivity contribution in [3.63, 3.8) is 0 Å². The second-order valence-corrected chi connectivity index (χ2v) is 4.93. The summed E-state index contributed by atoms with van der Waals surface area (Å²) in [5.74, 6) is 0. The fourth-order valence-corrected chi connectivity index (χ4v) is 2.63. The van der Waals surface area contributed by atoms with E-state index >= 15 is 0 Å². The molecule has 0 aromatic heterocycles. The van der Waals surface area contributed by atoms with Gasteiger partial charge in [0.2, 0.25) is 0 Å². The van der Waals surface area contributed by atoms with Crippen LogP contribution in [-0.2, 0) is 5.60 Å². The molecule has 0 bridgehead atoms. The second-order valence-electron chi connectivity index (χ2n) is 4.53. The Balaban J connectivity index is 2.38. The molecule has 1 aliphatic rings. The van der Waals surface area contributed by atoms with E-state index in [4.69, 9.17) is 11.6 Å². The molecule has 0 heterocycles. The molecule has 0 saturated heterocycles. The van der Waals surface area contributed by atoms with Crippen molar-refractivity contribution in [2.24, 2.45) is 0 Å². The minimum absolute atomic E-state index is 0.638. The third-order valence-corrected chi connectivity index (χ3v) is 3.64. The van der Waals surface area contributed by atoms with Crippen molar-refractivity contribution in [1.82, 2.24) is 0 Å². The fraction of sp³-hybridized carbons (Fsp3) is 0.429. The topological polar surface area (TPSA) is 20.2 Å². The molecule has 0 radical (unpaired) electrons. The molecule has 86 valence electrons. The first-order chi connectivity index (χ1) is 7.62. The van der Waals surface area contributed by atoms with Gasteiger partial charge in [0.05, 0.1) is 0 Å². The zero-order valence-corrected chi connectivity index (χ0v) is 10.3. The van der Waals surface area contributed by atoms with E-state index < -0.39 is 5.60 Å². The molecule has 1 nitrogen and oxygen atoms in total. The standard InChI is InChI=1S/C14H17ClO/c1-14(16,11-7-3-2-4-8-11)12-9-5-6-10-13(12)15/h5-7,9-10,16H,2-4,8H2,1H3. The van der Waals surface area contributed by atoms with E-state index in [1.807, 2.05) is 31.2 Å². The molecule has 1 aromatic carbocycles. The first-order valence-corrected chi connectivity index (χ1v) is 6.17. The summed E-state index contributed by atoms with van der Waals surface area (Å²) in [7, 11) is 0. The van der Waals surface area contributed by atoms with Crippen molar-refractivity contribution in [3.8, 4) is 0 Å². The normalized spacial score (nSPS) is 20.1. The number of hydrogen-bond acceptors (Lipinski definition) is 1. The maximum absolute atomic E-state index is 10.6. The van der Waals surface area contributed by atoms with Crippen molar-refractivity contribution in [2.45, 2.75) is 38.2 Å². The zero-order valence-electron chi connectivity index (χ0n) is 9.54. The highest BCUT2D eigenvalue weighted by Gasteiger charge is 2.30. The van der Waals surface area contributed by atoms with Gasteiger partial charge in [-0.25, -0.2) is 0 Å². The van der Waals surface area contributed by atoms with Crippen LogP contribution in [0.3, 0.4) is 0 Å². The van der Waals surface area contributed by atoms with E-state index in [2.05, 4.69) is 6.08 Å². The van der Waals surface area contributed by atoms with Gasteiger partial charge < -0.3 is 5.11 Å². The van der Waals surface area contributed by atoms with Crippen LogP contribution in [0.25, 0.3) is 0 Å². The number of aliphatic hydroxyl groups is 1. The predicted molar refractivity (Wildman–Crippen MR) is 67.6 cm³/mol. The van der Waals surface area contributed by atoms with Crippen molar-refractivity contribution < 1.29 is 5.11 Å². The molecule has 1 atom stereocenters. The maximum Gasteiger partial charge on any atom is 0.109 e. The number of rotatable bonds is 2. The van der Waals surface area contributed by atoms with Gasteiger partial charge in [-0.3, -0.25) is 0 Å². The zero-order chi connectivity index (χ0) is 11.6. The maximum atomic E-state index is 10.6. The molecule has 1 aliphatic carbocycles. The molecular formula is C14H17ClO. The van der Waals surface area contributed by atoms with Crippen molar-refractivity contribution in [1.29, 1.82) is 0 Å². The Labute approximate surface area is 102 Å². The predicted octanol–water partition coefficient (Wildman–Crippen LogP) is 4.05. The lowest BCUT2D eigenvalue weighted by atomic mass is 9.82. The summed E-state index contributed by atoms with van der Waals surface area (Å²) in [6, 6.07) is 7.53. The molecule has 1 aromatic rings. The number of allylic oxidation sites excluding steroid dienone is 1. The first kappa shape index (κ1) is 11.7.